The maximum atomic E-state index is 13.2. The SMILES string of the molecule is CC(C)C(=O)n1cc(C(=O)C2=CSC(c3cccnc3)N2)c2ccccc21. The third kappa shape index (κ3) is 3.17. The number of pyridine rings is 1. The lowest BCUT2D eigenvalue weighted by Gasteiger charge is -2.12. The normalized spacial score (nSPS) is 16.4. The van der Waals surface area contributed by atoms with Crippen LogP contribution in [0.2, 0.25) is 0 Å². The number of fused-ring (bicyclic) bond motifs is 1. The van der Waals surface area contributed by atoms with E-state index in [1.807, 2.05) is 55.7 Å². The van der Waals surface area contributed by atoms with Crippen molar-refractivity contribution < 1.29 is 9.59 Å². The average molecular weight is 377 g/mol. The minimum atomic E-state index is -0.155. The molecule has 3 heterocycles. The number of hydrogen-bond donors (Lipinski definition) is 1. The third-order valence-corrected chi connectivity index (χ3v) is 5.56. The third-order valence-electron chi connectivity index (χ3n) is 4.53. The van der Waals surface area contributed by atoms with E-state index in [2.05, 4.69) is 10.3 Å². The zero-order chi connectivity index (χ0) is 19.0. The Morgan fingerprint density at radius 2 is 2.00 bits per heavy atom. The number of nitrogens with one attached hydrogen (secondary N) is 1. The number of carbonyl (C=O) groups is 2. The number of rotatable bonds is 4. The molecule has 0 saturated heterocycles. The summed E-state index contributed by atoms with van der Waals surface area (Å²) in [4.78, 5) is 29.9. The number of benzene rings is 1. The van der Waals surface area contributed by atoms with Gasteiger partial charge in [-0.15, -0.1) is 11.8 Å². The van der Waals surface area contributed by atoms with Crippen molar-refractivity contribution in [2.75, 3.05) is 0 Å². The highest BCUT2D eigenvalue weighted by molar-refractivity contribution is 8.02. The standard InChI is InChI=1S/C21H19N3O2S/c1-13(2)21(26)24-11-16(15-7-3-4-8-18(15)24)19(25)17-12-27-20(23-17)14-6-5-9-22-10-14/h3-13,20,23H,1-2H3. The highest BCUT2D eigenvalue weighted by atomic mass is 32.2. The molecule has 1 unspecified atom stereocenters. The average Bonchev–Trinajstić information content (AvgIpc) is 3.33. The van der Waals surface area contributed by atoms with Gasteiger partial charge in [0.05, 0.1) is 16.8 Å². The summed E-state index contributed by atoms with van der Waals surface area (Å²) in [6.07, 6.45) is 5.18. The highest BCUT2D eigenvalue weighted by Gasteiger charge is 2.27. The number of Topliss-reactive ketones (excluding diaryl/α,β-unsaturated/α-hetero) is 1. The fourth-order valence-corrected chi connectivity index (χ4v) is 4.06. The van der Waals surface area contributed by atoms with Gasteiger partial charge >= 0.3 is 0 Å². The van der Waals surface area contributed by atoms with E-state index in [0.717, 1.165) is 16.5 Å². The van der Waals surface area contributed by atoms with Gasteiger partial charge in [0.1, 0.15) is 5.37 Å². The van der Waals surface area contributed by atoms with Crippen LogP contribution < -0.4 is 5.32 Å². The van der Waals surface area contributed by atoms with E-state index in [0.29, 0.717) is 11.3 Å². The topological polar surface area (TPSA) is 64.0 Å². The predicted octanol–water partition coefficient (Wildman–Crippen LogP) is 4.39. The Morgan fingerprint density at radius 1 is 1.19 bits per heavy atom. The molecule has 0 amide bonds. The van der Waals surface area contributed by atoms with Crippen LogP contribution in [0.4, 0.5) is 0 Å². The lowest BCUT2D eigenvalue weighted by molar-refractivity contribution is 0.0860. The molecule has 1 N–H and O–H groups in total. The minimum Gasteiger partial charge on any atom is -0.366 e. The number of nitrogens with zero attached hydrogens (tertiary/aromatic N) is 2. The van der Waals surface area contributed by atoms with Crippen LogP contribution in [0.25, 0.3) is 10.9 Å². The molecule has 0 fully saturated rings. The molecule has 1 atom stereocenters. The molecule has 0 bridgehead atoms. The molecule has 5 nitrogen and oxygen atoms in total. The first-order valence-electron chi connectivity index (χ1n) is 8.77. The van der Waals surface area contributed by atoms with Crippen molar-refractivity contribution in [3.8, 4) is 0 Å². The van der Waals surface area contributed by atoms with E-state index in [1.165, 1.54) is 0 Å². The number of para-hydroxylation sites is 1. The molecular formula is C21H19N3O2S. The van der Waals surface area contributed by atoms with Crippen molar-refractivity contribution in [1.29, 1.82) is 0 Å². The second-order valence-electron chi connectivity index (χ2n) is 6.73. The van der Waals surface area contributed by atoms with Crippen molar-refractivity contribution in [3.05, 3.63) is 77.2 Å². The van der Waals surface area contributed by atoms with Gasteiger partial charge in [0.2, 0.25) is 11.7 Å². The van der Waals surface area contributed by atoms with Crippen LogP contribution in [0.5, 0.6) is 0 Å². The van der Waals surface area contributed by atoms with Gasteiger partial charge in [0, 0.05) is 40.9 Å². The van der Waals surface area contributed by atoms with Crippen LogP contribution in [-0.4, -0.2) is 21.2 Å². The molecule has 2 aromatic heterocycles. The summed E-state index contributed by atoms with van der Waals surface area (Å²) in [6, 6.07) is 11.4. The van der Waals surface area contributed by atoms with Gasteiger partial charge in [0.25, 0.3) is 0 Å². The first kappa shape index (κ1) is 17.5. The second-order valence-corrected chi connectivity index (χ2v) is 7.71. The van der Waals surface area contributed by atoms with Crippen molar-refractivity contribution >= 4 is 34.4 Å². The van der Waals surface area contributed by atoms with Crippen LogP contribution >= 0.6 is 11.8 Å². The Kier molecular flexibility index (Phi) is 4.58. The smallest absolute Gasteiger partial charge is 0.233 e. The van der Waals surface area contributed by atoms with Gasteiger partial charge in [-0.05, 0) is 12.1 Å². The number of aromatic nitrogens is 2. The van der Waals surface area contributed by atoms with Crippen molar-refractivity contribution in [2.24, 2.45) is 5.92 Å². The molecule has 0 aliphatic carbocycles. The molecule has 6 heteroatoms. The number of thioether (sulfide) groups is 1. The molecule has 0 radical (unpaired) electrons. The van der Waals surface area contributed by atoms with Gasteiger partial charge in [-0.3, -0.25) is 19.1 Å². The maximum Gasteiger partial charge on any atom is 0.233 e. The molecule has 27 heavy (non-hydrogen) atoms. The van der Waals surface area contributed by atoms with E-state index in [-0.39, 0.29) is 23.0 Å². The zero-order valence-corrected chi connectivity index (χ0v) is 15.9. The van der Waals surface area contributed by atoms with Gasteiger partial charge < -0.3 is 5.32 Å². The fraction of sp³-hybridized carbons (Fsp3) is 0.190. The molecule has 4 rings (SSSR count). The summed E-state index contributed by atoms with van der Waals surface area (Å²) < 4.78 is 1.59. The van der Waals surface area contributed by atoms with Gasteiger partial charge in [0.15, 0.2) is 0 Å². The number of hydrogen-bond acceptors (Lipinski definition) is 5. The summed E-state index contributed by atoms with van der Waals surface area (Å²) >= 11 is 1.54. The van der Waals surface area contributed by atoms with Crippen molar-refractivity contribution in [2.45, 2.75) is 19.2 Å². The molecule has 3 aromatic rings. The second kappa shape index (κ2) is 7.04. The van der Waals surface area contributed by atoms with Crippen LogP contribution in [0.15, 0.2) is 66.1 Å². The van der Waals surface area contributed by atoms with E-state index in [4.69, 9.17) is 0 Å². The minimum absolute atomic E-state index is 0.0266. The fourth-order valence-electron chi connectivity index (χ4n) is 3.12. The quantitative estimate of drug-likeness (QED) is 0.683. The Balaban J connectivity index is 1.67. The Labute approximate surface area is 161 Å². The lowest BCUT2D eigenvalue weighted by atomic mass is 10.1. The van der Waals surface area contributed by atoms with Gasteiger partial charge in [-0.25, -0.2) is 0 Å². The first-order valence-corrected chi connectivity index (χ1v) is 9.71. The maximum absolute atomic E-state index is 13.2. The first-order chi connectivity index (χ1) is 13.1. The van der Waals surface area contributed by atoms with Crippen molar-refractivity contribution in [3.63, 3.8) is 0 Å². The van der Waals surface area contributed by atoms with E-state index in [1.54, 1.807) is 34.9 Å². The van der Waals surface area contributed by atoms with Crippen LogP contribution in [0, 0.1) is 5.92 Å². The summed E-state index contributed by atoms with van der Waals surface area (Å²) in [5.41, 5.74) is 2.84. The summed E-state index contributed by atoms with van der Waals surface area (Å²) in [5.74, 6) is -0.292. The molecular weight excluding hydrogens is 358 g/mol. The van der Waals surface area contributed by atoms with Gasteiger partial charge in [-0.2, -0.15) is 0 Å². The van der Waals surface area contributed by atoms with Gasteiger partial charge in [-0.1, -0.05) is 38.1 Å². The summed E-state index contributed by atoms with van der Waals surface area (Å²) in [6.45, 7) is 3.71. The lowest BCUT2D eigenvalue weighted by Crippen LogP contribution is -2.19. The monoisotopic (exact) mass is 377 g/mol. The molecule has 1 aliphatic rings. The zero-order valence-electron chi connectivity index (χ0n) is 15.0. The molecule has 1 aliphatic heterocycles. The Bertz CT molecular complexity index is 1050. The van der Waals surface area contributed by atoms with Crippen LogP contribution in [0.3, 0.4) is 0 Å². The van der Waals surface area contributed by atoms with Crippen LogP contribution in [-0.2, 0) is 0 Å². The largest absolute Gasteiger partial charge is 0.366 e. The number of ketones is 1. The molecule has 1 aromatic carbocycles. The summed E-state index contributed by atoms with van der Waals surface area (Å²) in [7, 11) is 0. The Morgan fingerprint density at radius 3 is 2.74 bits per heavy atom. The summed E-state index contributed by atoms with van der Waals surface area (Å²) in [5, 5.41) is 5.86. The molecule has 0 spiro atoms. The number of carbonyl (C=O) groups excluding carboxylic acids is 2. The van der Waals surface area contributed by atoms with E-state index in [9.17, 15) is 9.59 Å². The highest BCUT2D eigenvalue weighted by Crippen LogP contribution is 2.35. The van der Waals surface area contributed by atoms with Crippen LogP contribution in [0.1, 0.15) is 39.9 Å². The number of allylic oxidation sites excluding steroid dienone is 1. The predicted molar refractivity (Wildman–Crippen MR) is 108 cm³/mol. The van der Waals surface area contributed by atoms with E-state index < -0.39 is 0 Å². The van der Waals surface area contributed by atoms with E-state index >= 15 is 0 Å². The molecule has 136 valence electrons. The Hall–Kier alpha value is -2.86. The molecule has 0 saturated carbocycles. The van der Waals surface area contributed by atoms with Crippen molar-refractivity contribution in [1.82, 2.24) is 14.9 Å².